The second-order valence-electron chi connectivity index (χ2n) is 8.46. The molecule has 0 saturated heterocycles. The summed E-state index contributed by atoms with van der Waals surface area (Å²) >= 11 is 1.57. The first-order valence-electron chi connectivity index (χ1n) is 11.6. The van der Waals surface area contributed by atoms with Gasteiger partial charge in [0.05, 0.1) is 11.3 Å². The van der Waals surface area contributed by atoms with Gasteiger partial charge in [-0.05, 0) is 48.5 Å². The lowest BCUT2D eigenvalue weighted by atomic mass is 10.1. The van der Waals surface area contributed by atoms with Gasteiger partial charge in [0.1, 0.15) is 38.5 Å². The summed E-state index contributed by atoms with van der Waals surface area (Å²) in [4.78, 5) is 14.5. The van der Waals surface area contributed by atoms with Crippen molar-refractivity contribution >= 4 is 43.6 Å². The summed E-state index contributed by atoms with van der Waals surface area (Å²) in [7, 11) is -2.97. The number of hydrogen-bond donors (Lipinski definition) is 2. The molecular weight excluding hydrogens is 506 g/mol. The van der Waals surface area contributed by atoms with Gasteiger partial charge in [-0.25, -0.2) is 23.4 Å². The first-order valence-corrected chi connectivity index (χ1v) is 14.5. The smallest absolute Gasteiger partial charge is 0.148 e. The van der Waals surface area contributed by atoms with E-state index in [0.717, 1.165) is 43.5 Å². The summed E-state index contributed by atoms with van der Waals surface area (Å²) in [6, 6.07) is 23.4. The van der Waals surface area contributed by atoms with Crippen molar-refractivity contribution in [2.75, 3.05) is 23.9 Å². The third kappa shape index (κ3) is 6.67. The Hall–Kier alpha value is -3.86. The zero-order valence-electron chi connectivity index (χ0n) is 20.1. The van der Waals surface area contributed by atoms with Gasteiger partial charge in [-0.15, -0.1) is 11.3 Å². The van der Waals surface area contributed by atoms with Gasteiger partial charge in [0.25, 0.3) is 0 Å². The number of para-hydroxylation sites is 1. The van der Waals surface area contributed by atoms with Crippen LogP contribution in [-0.4, -0.2) is 41.9 Å². The van der Waals surface area contributed by atoms with Crippen molar-refractivity contribution in [1.29, 1.82) is 0 Å². The number of anilines is 2. The SMILES string of the molecule is CS(=O)(=O)CCNCc1cnc(-c2ccc3c(Nc4ccc(Oc5ccccc5)cc4)ncnc3c2)s1. The Labute approximate surface area is 219 Å². The molecule has 2 N–H and O–H groups in total. The first kappa shape index (κ1) is 24.8. The molecule has 0 aliphatic heterocycles. The molecule has 5 rings (SSSR count). The van der Waals surface area contributed by atoms with E-state index in [1.165, 1.54) is 6.26 Å². The molecular formula is C27H25N5O3S2. The standard InChI is InChI=1S/C27H25N5O3S2/c1-37(33,34)14-13-28-16-23-17-29-27(36-23)19-7-12-24-25(15-19)30-18-31-26(24)32-20-8-10-22(11-9-20)35-21-5-3-2-4-6-21/h2-12,15,17-18,28H,13-14,16H2,1H3,(H,30,31,32). The summed E-state index contributed by atoms with van der Waals surface area (Å²) in [6.07, 6.45) is 4.59. The molecule has 5 aromatic rings. The maximum atomic E-state index is 11.3. The van der Waals surface area contributed by atoms with Gasteiger partial charge in [-0.1, -0.05) is 24.3 Å². The van der Waals surface area contributed by atoms with Crippen molar-refractivity contribution in [1.82, 2.24) is 20.3 Å². The molecule has 0 spiro atoms. The van der Waals surface area contributed by atoms with Crippen LogP contribution in [-0.2, 0) is 16.4 Å². The average Bonchev–Trinajstić information content (AvgIpc) is 3.37. The van der Waals surface area contributed by atoms with E-state index < -0.39 is 9.84 Å². The van der Waals surface area contributed by atoms with Crippen molar-refractivity contribution < 1.29 is 13.2 Å². The number of aromatic nitrogens is 3. The van der Waals surface area contributed by atoms with E-state index in [4.69, 9.17) is 4.74 Å². The summed E-state index contributed by atoms with van der Waals surface area (Å²) in [5.74, 6) is 2.37. The van der Waals surface area contributed by atoms with E-state index in [0.29, 0.717) is 18.9 Å². The largest absolute Gasteiger partial charge is 0.457 e. The van der Waals surface area contributed by atoms with Gasteiger partial charge in [-0.2, -0.15) is 0 Å². The Bertz CT molecular complexity index is 1600. The molecule has 10 heteroatoms. The summed E-state index contributed by atoms with van der Waals surface area (Å²) in [5.41, 5.74) is 2.66. The van der Waals surface area contributed by atoms with E-state index >= 15 is 0 Å². The lowest BCUT2D eigenvalue weighted by Gasteiger charge is -2.10. The molecule has 3 aromatic carbocycles. The second kappa shape index (κ2) is 11.0. The van der Waals surface area contributed by atoms with Crippen LogP contribution in [0.2, 0.25) is 0 Å². The summed E-state index contributed by atoms with van der Waals surface area (Å²) < 4.78 is 28.4. The number of thiazole rings is 1. The molecule has 0 aliphatic carbocycles. The van der Waals surface area contributed by atoms with Gasteiger partial charge < -0.3 is 15.4 Å². The van der Waals surface area contributed by atoms with Crippen LogP contribution in [0.25, 0.3) is 21.5 Å². The number of nitrogens with zero attached hydrogens (tertiary/aromatic N) is 3. The fourth-order valence-corrected chi connectivity index (χ4v) is 5.04. The minimum atomic E-state index is -2.97. The molecule has 0 saturated carbocycles. The molecule has 0 radical (unpaired) electrons. The fraction of sp³-hybridized carbons (Fsp3) is 0.148. The molecule has 8 nitrogen and oxygen atoms in total. The molecule has 0 unspecified atom stereocenters. The Morgan fingerprint density at radius 2 is 1.70 bits per heavy atom. The highest BCUT2D eigenvalue weighted by molar-refractivity contribution is 7.90. The molecule has 0 atom stereocenters. The van der Waals surface area contributed by atoms with Crippen LogP contribution in [0.5, 0.6) is 11.5 Å². The molecule has 37 heavy (non-hydrogen) atoms. The van der Waals surface area contributed by atoms with E-state index in [1.54, 1.807) is 17.7 Å². The first-order chi connectivity index (χ1) is 17.9. The van der Waals surface area contributed by atoms with Crippen molar-refractivity contribution in [2.24, 2.45) is 0 Å². The third-order valence-electron chi connectivity index (χ3n) is 5.48. The predicted octanol–water partition coefficient (Wildman–Crippen LogP) is 5.42. The Morgan fingerprint density at radius 1 is 0.919 bits per heavy atom. The van der Waals surface area contributed by atoms with Crippen LogP contribution in [0.3, 0.4) is 0 Å². The highest BCUT2D eigenvalue weighted by Crippen LogP contribution is 2.31. The van der Waals surface area contributed by atoms with Crippen molar-refractivity contribution in [3.05, 3.63) is 90.2 Å². The maximum absolute atomic E-state index is 11.3. The number of rotatable bonds is 10. The van der Waals surface area contributed by atoms with E-state index in [9.17, 15) is 8.42 Å². The number of fused-ring (bicyclic) bond motifs is 1. The lowest BCUT2D eigenvalue weighted by molar-refractivity contribution is 0.483. The van der Waals surface area contributed by atoms with Crippen molar-refractivity contribution in [3.8, 4) is 22.1 Å². The predicted molar refractivity (Wildman–Crippen MR) is 148 cm³/mol. The van der Waals surface area contributed by atoms with Gasteiger partial charge in [0, 0.05) is 47.1 Å². The van der Waals surface area contributed by atoms with Crippen LogP contribution in [0.1, 0.15) is 4.88 Å². The number of ether oxygens (including phenoxy) is 1. The molecule has 0 fully saturated rings. The molecule has 188 valence electrons. The molecule has 2 aromatic heterocycles. The van der Waals surface area contributed by atoms with Crippen LogP contribution >= 0.6 is 11.3 Å². The number of nitrogens with one attached hydrogen (secondary N) is 2. The lowest BCUT2D eigenvalue weighted by Crippen LogP contribution is -2.21. The Kier molecular flexibility index (Phi) is 7.40. The third-order valence-corrected chi connectivity index (χ3v) is 7.47. The molecule has 2 heterocycles. The zero-order chi connectivity index (χ0) is 25.7. The van der Waals surface area contributed by atoms with Gasteiger partial charge >= 0.3 is 0 Å². The van der Waals surface area contributed by atoms with Crippen molar-refractivity contribution in [3.63, 3.8) is 0 Å². The minimum Gasteiger partial charge on any atom is -0.457 e. The number of benzene rings is 3. The van der Waals surface area contributed by atoms with Crippen LogP contribution in [0.15, 0.2) is 85.3 Å². The van der Waals surface area contributed by atoms with E-state index in [-0.39, 0.29) is 5.75 Å². The Morgan fingerprint density at radius 3 is 2.49 bits per heavy atom. The molecule has 0 bridgehead atoms. The number of hydrogen-bond acceptors (Lipinski definition) is 9. The van der Waals surface area contributed by atoms with Gasteiger partial charge in [0.2, 0.25) is 0 Å². The van der Waals surface area contributed by atoms with Crippen LogP contribution in [0, 0.1) is 0 Å². The maximum Gasteiger partial charge on any atom is 0.148 e. The highest BCUT2D eigenvalue weighted by atomic mass is 32.2. The van der Waals surface area contributed by atoms with Gasteiger partial charge in [-0.3, -0.25) is 0 Å². The number of sulfone groups is 1. The fourth-order valence-electron chi connectivity index (χ4n) is 3.65. The zero-order valence-corrected chi connectivity index (χ0v) is 21.7. The molecule has 0 aliphatic rings. The van der Waals surface area contributed by atoms with E-state index in [2.05, 4.69) is 25.6 Å². The van der Waals surface area contributed by atoms with E-state index in [1.807, 2.05) is 79.0 Å². The topological polar surface area (TPSA) is 106 Å². The van der Waals surface area contributed by atoms with Crippen molar-refractivity contribution in [2.45, 2.75) is 6.54 Å². The summed E-state index contributed by atoms with van der Waals surface area (Å²) in [5, 5.41) is 8.30. The van der Waals surface area contributed by atoms with Crippen LogP contribution in [0.4, 0.5) is 11.5 Å². The monoisotopic (exact) mass is 531 g/mol. The quantitative estimate of drug-likeness (QED) is 0.230. The minimum absolute atomic E-state index is 0.116. The second-order valence-corrected chi connectivity index (χ2v) is 11.8. The van der Waals surface area contributed by atoms with Gasteiger partial charge in [0.15, 0.2) is 0 Å². The van der Waals surface area contributed by atoms with Crippen LogP contribution < -0.4 is 15.4 Å². The average molecular weight is 532 g/mol. The highest BCUT2D eigenvalue weighted by Gasteiger charge is 2.10. The Balaban J connectivity index is 1.26. The normalized spacial score (nSPS) is 11.5. The summed E-state index contributed by atoms with van der Waals surface area (Å²) in [6.45, 7) is 0.990. The molecule has 0 amide bonds.